The molecule has 10 nitrogen and oxygen atoms in total. The van der Waals surface area contributed by atoms with Crippen molar-refractivity contribution in [2.75, 3.05) is 26.7 Å². The Morgan fingerprint density at radius 1 is 1.05 bits per heavy atom. The molecule has 4 atom stereocenters. The third-order valence-corrected chi connectivity index (χ3v) is 8.60. The number of likely N-dealkylation sites (N-methyl/N-ethyl adjacent to an activating group) is 1. The predicted molar refractivity (Wildman–Crippen MR) is 147 cm³/mol. The van der Waals surface area contributed by atoms with Crippen molar-refractivity contribution in [1.29, 1.82) is 0 Å². The summed E-state index contributed by atoms with van der Waals surface area (Å²) in [5, 5.41) is 9.79. The van der Waals surface area contributed by atoms with E-state index in [2.05, 4.69) is 25.7 Å². The highest BCUT2D eigenvalue weighted by molar-refractivity contribution is 6.06. The normalized spacial score (nSPS) is 22.9. The highest BCUT2D eigenvalue weighted by Crippen LogP contribution is 2.35. The molecule has 2 aromatic rings. The van der Waals surface area contributed by atoms with Crippen LogP contribution in [-0.4, -0.2) is 82.3 Å². The van der Waals surface area contributed by atoms with Crippen molar-refractivity contribution in [2.24, 2.45) is 5.92 Å². The fourth-order valence-electron chi connectivity index (χ4n) is 6.14. The summed E-state index contributed by atoms with van der Waals surface area (Å²) < 4.78 is 32.6. The van der Waals surface area contributed by atoms with Crippen molar-refractivity contribution >= 4 is 30.0 Å². The molecular formula is C28H37ClF2N6O4. The number of fused-ring (bicyclic) bond motifs is 1. The highest BCUT2D eigenvalue weighted by atomic mass is 35.5. The second-order valence-electron chi connectivity index (χ2n) is 11.1. The summed E-state index contributed by atoms with van der Waals surface area (Å²) in [6, 6.07) is 1.24. The third-order valence-electron chi connectivity index (χ3n) is 8.60. The van der Waals surface area contributed by atoms with Crippen LogP contribution in [0.15, 0.2) is 22.7 Å². The molecule has 2 saturated heterocycles. The molecule has 2 N–H and O–H groups in total. The number of hydrogen-bond acceptors (Lipinski definition) is 8. The van der Waals surface area contributed by atoms with Gasteiger partial charge in [0.25, 0.3) is 5.89 Å². The Kier molecular flexibility index (Phi) is 10.1. The number of ketones is 1. The summed E-state index contributed by atoms with van der Waals surface area (Å²) >= 11 is 0. The predicted octanol–water partition coefficient (Wildman–Crippen LogP) is 3.02. The second-order valence-corrected chi connectivity index (χ2v) is 11.1. The molecule has 1 saturated carbocycles. The van der Waals surface area contributed by atoms with Gasteiger partial charge in [0, 0.05) is 24.7 Å². The van der Waals surface area contributed by atoms with E-state index in [1.165, 1.54) is 0 Å². The molecule has 0 radical (unpaired) electrons. The first-order valence-corrected chi connectivity index (χ1v) is 14.1. The molecule has 3 heterocycles. The van der Waals surface area contributed by atoms with Crippen molar-refractivity contribution in [3.8, 4) is 0 Å². The summed E-state index contributed by atoms with van der Waals surface area (Å²) in [5.74, 6) is -3.53. The van der Waals surface area contributed by atoms with Crippen molar-refractivity contribution in [3.05, 3.63) is 47.1 Å². The molecule has 224 valence electrons. The van der Waals surface area contributed by atoms with E-state index in [9.17, 15) is 23.2 Å². The number of halogens is 3. The van der Waals surface area contributed by atoms with Crippen LogP contribution in [0, 0.1) is 17.6 Å². The lowest BCUT2D eigenvalue weighted by Gasteiger charge is -2.44. The minimum absolute atomic E-state index is 0. The number of aromatic nitrogens is 2. The molecule has 41 heavy (non-hydrogen) atoms. The standard InChI is InChI=1S/C28H36F2N6O4.ClH/c1-16(31-2)26(38)32-23(17-7-4-3-5-8-17)28(39)36-14-19-9-6-12-35(19)15-22(36)27-33-25(34-40-27)24(37)18-10-11-20(29)21(30)13-18;/h10-11,13,16-17,19,22-23,31H,3-9,12,14-15H2,1-2H3,(H,32,38);1H/t16-,19?,22?,23?;/m0./s1. The second kappa shape index (κ2) is 13.3. The van der Waals surface area contributed by atoms with Gasteiger partial charge < -0.3 is 20.1 Å². The van der Waals surface area contributed by atoms with Crippen molar-refractivity contribution in [1.82, 2.24) is 30.6 Å². The van der Waals surface area contributed by atoms with Gasteiger partial charge >= 0.3 is 0 Å². The first-order chi connectivity index (χ1) is 19.3. The summed E-state index contributed by atoms with van der Waals surface area (Å²) in [6.07, 6.45) is 6.79. The molecular weight excluding hydrogens is 558 g/mol. The molecule has 0 bridgehead atoms. The average Bonchev–Trinajstić information content (AvgIpc) is 3.65. The SMILES string of the molecule is CN[C@@H](C)C(=O)NC(C(=O)N1CC2CCCN2CC1c1nc(C(=O)c2ccc(F)c(F)c2)no1)C1CCCCC1.Cl. The number of benzene rings is 1. The largest absolute Gasteiger partial charge is 0.343 e. The van der Waals surface area contributed by atoms with E-state index >= 15 is 0 Å². The first-order valence-electron chi connectivity index (χ1n) is 14.1. The molecule has 1 aromatic carbocycles. The minimum Gasteiger partial charge on any atom is -0.343 e. The van der Waals surface area contributed by atoms with Crippen LogP contribution in [0.5, 0.6) is 0 Å². The molecule has 3 fully saturated rings. The maximum absolute atomic E-state index is 14.3. The minimum atomic E-state index is -1.15. The first kappa shape index (κ1) is 31.0. The quantitative estimate of drug-likeness (QED) is 0.448. The van der Waals surface area contributed by atoms with E-state index in [1.807, 2.05) is 0 Å². The van der Waals surface area contributed by atoms with Crippen LogP contribution in [0.4, 0.5) is 8.78 Å². The Balaban J connectivity index is 0.00000387. The van der Waals surface area contributed by atoms with Crippen LogP contribution in [-0.2, 0) is 9.59 Å². The molecule has 2 amide bonds. The van der Waals surface area contributed by atoms with Crippen molar-refractivity contribution in [2.45, 2.75) is 76.0 Å². The fourth-order valence-corrected chi connectivity index (χ4v) is 6.14. The molecule has 0 spiro atoms. The van der Waals surface area contributed by atoms with Crippen molar-refractivity contribution < 1.29 is 27.7 Å². The van der Waals surface area contributed by atoms with E-state index in [1.54, 1.807) is 18.9 Å². The average molecular weight is 595 g/mol. The summed E-state index contributed by atoms with van der Waals surface area (Å²) in [4.78, 5) is 48.5. The summed E-state index contributed by atoms with van der Waals surface area (Å²) in [7, 11) is 1.70. The Hall–Kier alpha value is -2.96. The van der Waals surface area contributed by atoms with E-state index in [4.69, 9.17) is 4.52 Å². The van der Waals surface area contributed by atoms with Gasteiger partial charge in [0.2, 0.25) is 23.4 Å². The zero-order valence-corrected chi connectivity index (χ0v) is 24.1. The van der Waals surface area contributed by atoms with Gasteiger partial charge in [-0.3, -0.25) is 19.3 Å². The maximum Gasteiger partial charge on any atom is 0.251 e. The molecule has 13 heteroatoms. The number of hydrogen-bond donors (Lipinski definition) is 2. The van der Waals surface area contributed by atoms with Gasteiger partial charge in [-0.2, -0.15) is 4.98 Å². The van der Waals surface area contributed by atoms with Crippen LogP contribution in [0.3, 0.4) is 0 Å². The van der Waals surface area contributed by atoms with E-state index in [-0.39, 0.29) is 53.5 Å². The highest BCUT2D eigenvalue weighted by Gasteiger charge is 2.45. The number of amides is 2. The number of nitrogens with zero attached hydrogens (tertiary/aromatic N) is 4. The maximum atomic E-state index is 14.3. The van der Waals surface area contributed by atoms with Gasteiger partial charge in [-0.15, -0.1) is 12.4 Å². The van der Waals surface area contributed by atoms with E-state index in [0.717, 1.165) is 69.7 Å². The van der Waals surface area contributed by atoms with Gasteiger partial charge in [0.15, 0.2) is 11.6 Å². The lowest BCUT2D eigenvalue weighted by Crippen LogP contribution is -2.61. The zero-order chi connectivity index (χ0) is 28.4. The lowest BCUT2D eigenvalue weighted by molar-refractivity contribution is -0.145. The van der Waals surface area contributed by atoms with Gasteiger partial charge in [-0.05, 0) is 70.3 Å². The van der Waals surface area contributed by atoms with Gasteiger partial charge in [0.05, 0.1) is 6.04 Å². The molecule has 5 rings (SSSR count). The lowest BCUT2D eigenvalue weighted by atomic mass is 9.82. The van der Waals surface area contributed by atoms with E-state index in [0.29, 0.717) is 13.1 Å². The van der Waals surface area contributed by atoms with Crippen molar-refractivity contribution in [3.63, 3.8) is 0 Å². The smallest absolute Gasteiger partial charge is 0.251 e. The van der Waals surface area contributed by atoms with Crippen LogP contribution < -0.4 is 10.6 Å². The molecule has 1 aliphatic carbocycles. The van der Waals surface area contributed by atoms with E-state index < -0.39 is 35.5 Å². The number of nitrogens with one attached hydrogen (secondary N) is 2. The summed E-state index contributed by atoms with van der Waals surface area (Å²) in [5.41, 5.74) is -0.110. The molecule has 2 aliphatic heterocycles. The number of carbonyl (C=O) groups is 3. The number of carbonyl (C=O) groups excluding carboxylic acids is 3. The Labute approximate surface area is 244 Å². The monoisotopic (exact) mass is 594 g/mol. The van der Waals surface area contributed by atoms with Gasteiger partial charge in [-0.1, -0.05) is 24.4 Å². The molecule has 3 unspecified atom stereocenters. The fraction of sp³-hybridized carbons (Fsp3) is 0.607. The van der Waals surface area contributed by atoms with Gasteiger partial charge in [-0.25, -0.2) is 8.78 Å². The van der Waals surface area contributed by atoms with Crippen LogP contribution in [0.2, 0.25) is 0 Å². The Bertz CT molecular complexity index is 1260. The molecule has 3 aliphatic rings. The van der Waals surface area contributed by atoms with Crippen LogP contribution in [0.1, 0.15) is 80.0 Å². The topological polar surface area (TPSA) is 121 Å². The third kappa shape index (κ3) is 6.60. The van der Waals surface area contributed by atoms with Crippen LogP contribution in [0.25, 0.3) is 0 Å². The van der Waals surface area contributed by atoms with Crippen LogP contribution >= 0.6 is 12.4 Å². The zero-order valence-electron chi connectivity index (χ0n) is 23.3. The Morgan fingerprint density at radius 3 is 2.51 bits per heavy atom. The van der Waals surface area contributed by atoms with Gasteiger partial charge in [0.1, 0.15) is 12.1 Å². The number of piperazine rings is 1. The molecule has 1 aromatic heterocycles. The number of rotatable bonds is 8. The Morgan fingerprint density at radius 2 is 1.80 bits per heavy atom. The summed E-state index contributed by atoms with van der Waals surface area (Å²) in [6.45, 7) is 3.52.